The highest BCUT2D eigenvalue weighted by Gasteiger charge is 2.09. The zero-order chi connectivity index (χ0) is 12.6. The summed E-state index contributed by atoms with van der Waals surface area (Å²) in [7, 11) is 1.93. The summed E-state index contributed by atoms with van der Waals surface area (Å²) in [6, 6.07) is 6.14. The number of rotatable bonds is 2. The molecule has 0 saturated carbocycles. The lowest BCUT2D eigenvalue weighted by molar-refractivity contribution is 0.830. The van der Waals surface area contributed by atoms with Crippen LogP contribution < -0.4 is 5.32 Å². The van der Waals surface area contributed by atoms with Crippen molar-refractivity contribution in [1.82, 2.24) is 4.98 Å². The first-order valence-corrected chi connectivity index (χ1v) is 6.19. The van der Waals surface area contributed by atoms with Gasteiger partial charge in [-0.1, -0.05) is 25.4 Å². The minimum atomic E-state index is 0.409. The van der Waals surface area contributed by atoms with Crippen LogP contribution in [0.25, 0.3) is 10.9 Å². The molecule has 1 N–H and O–H groups in total. The monoisotopic (exact) mass is 248 g/mol. The number of anilines is 1. The number of aryl methyl sites for hydroxylation is 1. The van der Waals surface area contributed by atoms with Gasteiger partial charge < -0.3 is 5.32 Å². The van der Waals surface area contributed by atoms with Gasteiger partial charge in [0.25, 0.3) is 0 Å². The standard InChI is InChI=1S/C14H17ClN2/c1-8(2)12-7-13(16-4)10-5-9(3)11(15)6-14(10)17-12/h5-8H,1-4H3,(H,16,17). The van der Waals surface area contributed by atoms with Crippen molar-refractivity contribution in [3.63, 3.8) is 0 Å². The number of hydrogen-bond donors (Lipinski definition) is 1. The van der Waals surface area contributed by atoms with Gasteiger partial charge in [0.1, 0.15) is 0 Å². The zero-order valence-corrected chi connectivity index (χ0v) is 11.4. The number of fused-ring (bicyclic) bond motifs is 1. The fourth-order valence-electron chi connectivity index (χ4n) is 1.88. The molecule has 2 nitrogen and oxygen atoms in total. The summed E-state index contributed by atoms with van der Waals surface area (Å²) in [4.78, 5) is 4.66. The van der Waals surface area contributed by atoms with Crippen molar-refractivity contribution in [2.24, 2.45) is 0 Å². The zero-order valence-electron chi connectivity index (χ0n) is 10.6. The molecular weight excluding hydrogens is 232 g/mol. The second-order valence-electron chi connectivity index (χ2n) is 4.62. The fraction of sp³-hybridized carbons (Fsp3) is 0.357. The first-order chi connectivity index (χ1) is 8.02. The first-order valence-electron chi connectivity index (χ1n) is 5.81. The molecule has 2 rings (SSSR count). The van der Waals surface area contributed by atoms with Crippen molar-refractivity contribution in [3.8, 4) is 0 Å². The lowest BCUT2D eigenvalue weighted by Crippen LogP contribution is -1.98. The van der Waals surface area contributed by atoms with Crippen molar-refractivity contribution >= 4 is 28.2 Å². The van der Waals surface area contributed by atoms with Gasteiger partial charge >= 0.3 is 0 Å². The van der Waals surface area contributed by atoms with Gasteiger partial charge in [0.05, 0.1) is 5.52 Å². The Balaban J connectivity index is 2.78. The van der Waals surface area contributed by atoms with Crippen LogP contribution in [-0.2, 0) is 0 Å². The van der Waals surface area contributed by atoms with E-state index >= 15 is 0 Å². The average Bonchev–Trinajstić information content (AvgIpc) is 2.29. The average molecular weight is 249 g/mol. The van der Waals surface area contributed by atoms with Gasteiger partial charge in [0.15, 0.2) is 0 Å². The first kappa shape index (κ1) is 12.2. The molecule has 0 bridgehead atoms. The minimum Gasteiger partial charge on any atom is -0.388 e. The third kappa shape index (κ3) is 2.22. The maximum Gasteiger partial charge on any atom is 0.0741 e. The van der Waals surface area contributed by atoms with Crippen LogP contribution in [0.5, 0.6) is 0 Å². The quantitative estimate of drug-likeness (QED) is 0.854. The highest BCUT2D eigenvalue weighted by Crippen LogP contribution is 2.30. The maximum atomic E-state index is 6.15. The number of aromatic nitrogens is 1. The molecule has 0 spiro atoms. The van der Waals surface area contributed by atoms with E-state index in [1.165, 1.54) is 0 Å². The SMILES string of the molecule is CNc1cc(C(C)C)nc2cc(Cl)c(C)cc12. The van der Waals surface area contributed by atoms with Crippen molar-refractivity contribution < 1.29 is 0 Å². The van der Waals surface area contributed by atoms with E-state index in [1.807, 2.05) is 20.0 Å². The molecule has 1 aromatic heterocycles. The Hall–Kier alpha value is -1.28. The fourth-order valence-corrected chi connectivity index (χ4v) is 2.04. The van der Waals surface area contributed by atoms with Crippen molar-refractivity contribution in [1.29, 1.82) is 0 Å². The van der Waals surface area contributed by atoms with Crippen molar-refractivity contribution in [2.45, 2.75) is 26.7 Å². The van der Waals surface area contributed by atoms with Crippen LogP contribution in [0, 0.1) is 6.92 Å². The van der Waals surface area contributed by atoms with Crippen LogP contribution in [-0.4, -0.2) is 12.0 Å². The second-order valence-corrected chi connectivity index (χ2v) is 5.03. The Morgan fingerprint density at radius 1 is 1.24 bits per heavy atom. The summed E-state index contributed by atoms with van der Waals surface area (Å²) in [5.41, 5.74) is 4.23. The summed E-state index contributed by atoms with van der Waals surface area (Å²) in [6.45, 7) is 6.30. The molecule has 1 aromatic carbocycles. The topological polar surface area (TPSA) is 24.9 Å². The largest absolute Gasteiger partial charge is 0.388 e. The van der Waals surface area contributed by atoms with E-state index in [0.29, 0.717) is 5.92 Å². The van der Waals surface area contributed by atoms with E-state index in [4.69, 9.17) is 11.6 Å². The number of benzene rings is 1. The van der Waals surface area contributed by atoms with Crippen LogP contribution in [0.15, 0.2) is 18.2 Å². The molecule has 17 heavy (non-hydrogen) atoms. The van der Waals surface area contributed by atoms with E-state index in [9.17, 15) is 0 Å². The van der Waals surface area contributed by atoms with Crippen LogP contribution >= 0.6 is 11.6 Å². The highest BCUT2D eigenvalue weighted by atomic mass is 35.5. The van der Waals surface area contributed by atoms with Gasteiger partial charge in [-0.15, -0.1) is 0 Å². The van der Waals surface area contributed by atoms with Crippen LogP contribution in [0.2, 0.25) is 5.02 Å². The Labute approximate surface area is 107 Å². The molecule has 0 unspecified atom stereocenters. The molecule has 0 saturated heterocycles. The lowest BCUT2D eigenvalue weighted by atomic mass is 10.0. The third-order valence-corrected chi connectivity index (χ3v) is 3.38. The summed E-state index contributed by atoms with van der Waals surface area (Å²) in [5.74, 6) is 0.409. The predicted molar refractivity (Wildman–Crippen MR) is 75.1 cm³/mol. The number of halogens is 1. The second kappa shape index (κ2) is 4.53. The van der Waals surface area contributed by atoms with Crippen LogP contribution in [0.1, 0.15) is 31.0 Å². The van der Waals surface area contributed by atoms with Gasteiger partial charge in [-0.25, -0.2) is 0 Å². The van der Waals surface area contributed by atoms with E-state index in [1.54, 1.807) is 0 Å². The molecule has 1 heterocycles. The lowest BCUT2D eigenvalue weighted by Gasteiger charge is -2.12. The van der Waals surface area contributed by atoms with Crippen molar-refractivity contribution in [3.05, 3.63) is 34.5 Å². The summed E-state index contributed by atoms with van der Waals surface area (Å²) in [5, 5.41) is 5.12. The van der Waals surface area contributed by atoms with Gasteiger partial charge in [-0.2, -0.15) is 0 Å². The molecule has 90 valence electrons. The third-order valence-electron chi connectivity index (χ3n) is 2.97. The van der Waals surface area contributed by atoms with Gasteiger partial charge in [0.2, 0.25) is 0 Å². The normalized spacial score (nSPS) is 11.2. The molecule has 0 fully saturated rings. The molecule has 0 aliphatic rings. The maximum absolute atomic E-state index is 6.15. The van der Waals surface area contributed by atoms with E-state index in [2.05, 4.69) is 36.3 Å². The number of hydrogen-bond acceptors (Lipinski definition) is 2. The van der Waals surface area contributed by atoms with E-state index < -0.39 is 0 Å². The smallest absolute Gasteiger partial charge is 0.0741 e. The Kier molecular flexibility index (Phi) is 3.25. The highest BCUT2D eigenvalue weighted by molar-refractivity contribution is 6.32. The molecule has 0 aliphatic heterocycles. The van der Waals surface area contributed by atoms with Gasteiger partial charge in [-0.3, -0.25) is 4.98 Å². The van der Waals surface area contributed by atoms with Crippen LogP contribution in [0.3, 0.4) is 0 Å². The predicted octanol–water partition coefficient (Wildman–Crippen LogP) is 4.36. The van der Waals surface area contributed by atoms with Crippen molar-refractivity contribution in [2.75, 3.05) is 12.4 Å². The number of nitrogens with zero attached hydrogens (tertiary/aromatic N) is 1. The Morgan fingerprint density at radius 3 is 2.53 bits per heavy atom. The Morgan fingerprint density at radius 2 is 1.94 bits per heavy atom. The van der Waals surface area contributed by atoms with Crippen LogP contribution in [0.4, 0.5) is 5.69 Å². The molecule has 0 amide bonds. The summed E-state index contributed by atoms with van der Waals surface area (Å²) >= 11 is 6.15. The number of pyridine rings is 1. The summed E-state index contributed by atoms with van der Waals surface area (Å²) in [6.07, 6.45) is 0. The van der Waals surface area contributed by atoms with Gasteiger partial charge in [0, 0.05) is 28.8 Å². The number of nitrogens with one attached hydrogen (secondary N) is 1. The molecule has 0 aliphatic carbocycles. The minimum absolute atomic E-state index is 0.409. The summed E-state index contributed by atoms with van der Waals surface area (Å²) < 4.78 is 0. The molecule has 0 atom stereocenters. The van der Waals surface area contributed by atoms with E-state index in [0.717, 1.165) is 32.9 Å². The van der Waals surface area contributed by atoms with E-state index in [-0.39, 0.29) is 0 Å². The molecular formula is C14H17ClN2. The molecule has 0 radical (unpaired) electrons. The van der Waals surface area contributed by atoms with Gasteiger partial charge in [-0.05, 0) is 36.6 Å². The molecule has 3 heteroatoms. The molecule has 2 aromatic rings. The Bertz CT molecular complexity index is 562.